The van der Waals surface area contributed by atoms with Crippen LogP contribution in [0.4, 0.5) is 0 Å². The second kappa shape index (κ2) is 43.9. The van der Waals surface area contributed by atoms with Crippen molar-refractivity contribution in [2.75, 3.05) is 52.4 Å². The molecule has 13 amide bonds. The van der Waals surface area contributed by atoms with Crippen LogP contribution in [-0.4, -0.2) is 223 Å². The van der Waals surface area contributed by atoms with Gasteiger partial charge in [0.2, 0.25) is 76.8 Å². The summed E-state index contributed by atoms with van der Waals surface area (Å²) >= 11 is 0. The van der Waals surface area contributed by atoms with E-state index in [1.54, 1.807) is 48.5 Å². The van der Waals surface area contributed by atoms with E-state index < -0.39 is 170 Å². The third kappa shape index (κ3) is 30.5. The van der Waals surface area contributed by atoms with Crippen molar-refractivity contribution in [2.24, 2.45) is 55.9 Å². The number of amides is 13. The van der Waals surface area contributed by atoms with Crippen LogP contribution in [0.2, 0.25) is 0 Å². The Labute approximate surface area is 573 Å². The molecule has 0 radical (unpaired) electrons. The first kappa shape index (κ1) is 83.1. The zero-order chi connectivity index (χ0) is 73.7. The van der Waals surface area contributed by atoms with Gasteiger partial charge in [-0.05, 0) is 121 Å². The van der Waals surface area contributed by atoms with Gasteiger partial charge in [0.05, 0.1) is 38.4 Å². The number of carbonyl (C=O) groups is 13. The highest BCUT2D eigenvalue weighted by molar-refractivity contribution is 5.99. The van der Waals surface area contributed by atoms with Crippen molar-refractivity contribution in [3.8, 4) is 0 Å². The molecule has 2 aromatic rings. The fraction of sp³-hybridized carbons (Fsp3) is 0.565. The van der Waals surface area contributed by atoms with E-state index in [9.17, 15) is 72.5 Å². The highest BCUT2D eigenvalue weighted by atomic mass is 16.3. The molecule has 1 aliphatic heterocycles. The molecule has 0 saturated carbocycles. The number of aliphatic imine (C=N–C) groups is 2. The summed E-state index contributed by atoms with van der Waals surface area (Å²) in [6, 6.07) is 2.21. The Morgan fingerprint density at radius 2 is 0.960 bits per heavy atom. The molecule has 37 heteroatoms. The van der Waals surface area contributed by atoms with Crippen molar-refractivity contribution in [2.45, 2.75) is 171 Å². The fourth-order valence-electron chi connectivity index (χ4n) is 9.98. The maximum atomic E-state index is 14.1. The largest absolute Gasteiger partial charge is 0.394 e. The zero-order valence-electron chi connectivity index (χ0n) is 56.1. The number of rotatable bonds is 44. The summed E-state index contributed by atoms with van der Waals surface area (Å²) < 4.78 is 0. The third-order valence-electron chi connectivity index (χ3n) is 15.5. The number of nitrogens with one attached hydrogen (secondary N) is 11. The molecule has 1 heterocycles. The lowest BCUT2D eigenvalue weighted by Crippen LogP contribution is -2.60. The van der Waals surface area contributed by atoms with E-state index in [0.29, 0.717) is 36.9 Å². The lowest BCUT2D eigenvalue weighted by atomic mass is 9.93. The minimum atomic E-state index is -1.73. The molecule has 0 fully saturated rings. The van der Waals surface area contributed by atoms with Gasteiger partial charge in [0, 0.05) is 26.1 Å². The molecule has 3 rings (SSSR count). The summed E-state index contributed by atoms with van der Waals surface area (Å²) in [4.78, 5) is 184. The minimum absolute atomic E-state index is 0.0223. The number of hydrogen-bond donors (Lipinski definition) is 21. The van der Waals surface area contributed by atoms with Gasteiger partial charge in [0.1, 0.15) is 54.4 Å². The molecule has 29 N–H and O–H groups in total. The number of aliphatic hydroxyl groups is 2. The van der Waals surface area contributed by atoms with Crippen LogP contribution < -0.4 is 104 Å². The number of nitrogens with zero attached hydrogens (tertiary/aromatic N) is 3. The summed E-state index contributed by atoms with van der Waals surface area (Å²) in [6.45, 7) is 1.26. The minimum Gasteiger partial charge on any atom is -0.394 e. The maximum Gasteiger partial charge on any atom is 0.245 e. The number of benzene rings is 2. The smallest absolute Gasteiger partial charge is 0.245 e. The van der Waals surface area contributed by atoms with Gasteiger partial charge in [-0.25, -0.2) is 0 Å². The van der Waals surface area contributed by atoms with Crippen LogP contribution >= 0.6 is 0 Å². The lowest BCUT2D eigenvalue weighted by molar-refractivity contribution is -0.143. The van der Waals surface area contributed by atoms with Gasteiger partial charge in [-0.3, -0.25) is 72.3 Å². The van der Waals surface area contributed by atoms with E-state index in [2.05, 4.69) is 68.5 Å². The second-order valence-electron chi connectivity index (χ2n) is 23.6. The Morgan fingerprint density at radius 3 is 1.47 bits per heavy atom. The van der Waals surface area contributed by atoms with Gasteiger partial charge >= 0.3 is 0 Å². The fourth-order valence-corrected chi connectivity index (χ4v) is 9.98. The quantitative estimate of drug-likeness (QED) is 0.0166. The zero-order valence-corrected chi connectivity index (χ0v) is 56.1. The summed E-state index contributed by atoms with van der Waals surface area (Å²) in [5, 5.41) is 48.0. The first-order chi connectivity index (χ1) is 47.0. The van der Waals surface area contributed by atoms with Crippen LogP contribution in [-0.2, 0) is 81.7 Å². The molecule has 2 aromatic carbocycles. The molecule has 0 saturated heterocycles. The highest BCUT2D eigenvalue weighted by Crippen LogP contribution is 2.24. The Kier molecular flexibility index (Phi) is 36.9. The van der Waals surface area contributed by atoms with Gasteiger partial charge in [0.25, 0.3) is 0 Å². The average molecular weight is 1390 g/mol. The van der Waals surface area contributed by atoms with E-state index in [-0.39, 0.29) is 95.9 Å². The summed E-state index contributed by atoms with van der Waals surface area (Å²) in [5.74, 6) is -11.8. The van der Waals surface area contributed by atoms with E-state index in [4.69, 9.17) is 45.9 Å². The number of carbonyl (C=O) groups excluding carboxylic acids is 13. The van der Waals surface area contributed by atoms with E-state index in [1.165, 1.54) is 25.7 Å². The van der Waals surface area contributed by atoms with Crippen molar-refractivity contribution in [3.63, 3.8) is 0 Å². The first-order valence-corrected chi connectivity index (χ1v) is 32.5. The Hall–Kier alpha value is -10.1. The SMILES string of the molecule is C[C@H](NC(=O)CNC(=O)[C@@H](NC(=O)[C@@H]1Cc2ccccc2CN1C(=O)CNC(=O)CNC(=O)[C@@H](N)Cc1ccccc1)[C@@H](C)O)C(=O)N[C@@H](CCCN=C(N)N)C(=O)N[C@@H](CCCCN)C(=O)N[C@@H](CO)C(=O)N[C@@H](C)C(=O)N[C@@H](CCCN=C(N)N)C(=O)N[C@@H](CCCCN)C(N)=O. The number of aliphatic hydroxyl groups excluding tert-OH is 2. The molecule has 0 spiro atoms. The molecule has 1 aliphatic rings. The number of hydrogen-bond acceptors (Lipinski definition) is 20. The van der Waals surface area contributed by atoms with Gasteiger partial charge in [0.15, 0.2) is 11.9 Å². The molecule has 37 nitrogen and oxygen atoms in total. The average Bonchev–Trinajstić information content (AvgIpc) is 0.807. The first-order valence-electron chi connectivity index (χ1n) is 32.5. The number of primary amides is 1. The van der Waals surface area contributed by atoms with E-state index in [1.807, 2.05) is 6.07 Å². The molecule has 99 heavy (non-hydrogen) atoms. The van der Waals surface area contributed by atoms with Crippen molar-refractivity contribution in [1.29, 1.82) is 0 Å². The third-order valence-corrected chi connectivity index (χ3v) is 15.5. The van der Waals surface area contributed by atoms with Gasteiger partial charge in [-0.1, -0.05) is 54.6 Å². The van der Waals surface area contributed by atoms with E-state index in [0.717, 1.165) is 5.56 Å². The maximum absolute atomic E-state index is 14.1. The van der Waals surface area contributed by atoms with Crippen molar-refractivity contribution < 1.29 is 72.5 Å². The number of guanidine groups is 2. The van der Waals surface area contributed by atoms with Crippen molar-refractivity contribution in [3.05, 3.63) is 71.3 Å². The molecular formula is C62H100N22O15. The Bertz CT molecular complexity index is 3110. The summed E-state index contributed by atoms with van der Waals surface area (Å²) in [7, 11) is 0. The molecule has 0 bridgehead atoms. The van der Waals surface area contributed by atoms with Gasteiger partial charge in [-0.15, -0.1) is 0 Å². The molecule has 0 aromatic heterocycles. The van der Waals surface area contributed by atoms with Crippen LogP contribution in [0, 0.1) is 0 Å². The van der Waals surface area contributed by atoms with Gasteiger partial charge in [-0.2, -0.15) is 0 Å². The number of fused-ring (bicyclic) bond motifs is 1. The van der Waals surface area contributed by atoms with Crippen molar-refractivity contribution >= 4 is 88.7 Å². The van der Waals surface area contributed by atoms with E-state index >= 15 is 0 Å². The molecular weight excluding hydrogens is 1290 g/mol. The molecule has 548 valence electrons. The molecule has 0 unspecified atom stereocenters. The van der Waals surface area contributed by atoms with Crippen LogP contribution in [0.5, 0.6) is 0 Å². The van der Waals surface area contributed by atoms with Crippen LogP contribution in [0.25, 0.3) is 0 Å². The van der Waals surface area contributed by atoms with Gasteiger partial charge < -0.3 is 119 Å². The van der Waals surface area contributed by atoms with Crippen molar-refractivity contribution in [1.82, 2.24) is 63.4 Å². The Balaban J connectivity index is 1.68. The summed E-state index contributed by atoms with van der Waals surface area (Å²) in [6.07, 6.45) is 0.372. The number of nitrogens with two attached hydrogens (primary N) is 8. The standard InChI is InChI=1S/C62H100N22O15/c1-34(76-48(88)30-75-60(99)50(36(3)86)83-59(98)46-28-38-17-7-8-18-39(38)32-84(46)49(89)31-73-47(87)29-74-54(93)40(65)27-37-15-5-4-6-16-37)52(91)79-44(22-14-26-72-62(69)70)56(95)81-42(20-10-12-24-64)57(96)82-45(33-85)58(97)77-35(2)53(92)80-43(21-13-25-71-61(67)68)55(94)78-41(51(66)90)19-9-11-23-63/h4-8,15-18,34-36,40-46,50,85-86H,9-14,19-33,63-65H2,1-3H3,(H2,66,90)(H,73,87)(H,74,93)(H,75,99)(H,76,88)(H,77,97)(H,78,94)(H,79,91)(H,80,92)(H,81,95)(H,82,96)(H,83,98)(H4,67,68,71)(H4,69,70,72)/t34-,35-,36+,40-,41-,42-,43-,44-,45-,46-,50-/m0/s1. The summed E-state index contributed by atoms with van der Waals surface area (Å²) in [5.41, 5.74) is 46.9. The molecule has 0 aliphatic carbocycles. The molecule has 11 atom stereocenters. The Morgan fingerprint density at radius 1 is 0.505 bits per heavy atom. The predicted octanol–water partition coefficient (Wildman–Crippen LogP) is -9.00. The van der Waals surface area contributed by atoms with Crippen LogP contribution in [0.3, 0.4) is 0 Å². The topological polar surface area (TPSA) is 631 Å². The second-order valence-corrected chi connectivity index (χ2v) is 23.6. The van der Waals surface area contributed by atoms with Crippen LogP contribution in [0.15, 0.2) is 64.6 Å². The lowest BCUT2D eigenvalue weighted by Gasteiger charge is -2.37. The monoisotopic (exact) mass is 1390 g/mol. The predicted molar refractivity (Wildman–Crippen MR) is 362 cm³/mol. The number of unbranched alkanes of at least 4 members (excludes halogenated alkanes) is 2. The van der Waals surface area contributed by atoms with Crippen LogP contribution in [0.1, 0.15) is 102 Å². The normalized spacial score (nSPS) is 15.4. The highest BCUT2D eigenvalue weighted by Gasteiger charge is 2.38.